The first-order valence-electron chi connectivity index (χ1n) is 9.97. The van der Waals surface area contributed by atoms with Crippen LogP contribution in [0.2, 0.25) is 0 Å². The van der Waals surface area contributed by atoms with E-state index in [0.717, 1.165) is 5.56 Å². The molecule has 0 aliphatic rings. The summed E-state index contributed by atoms with van der Waals surface area (Å²) in [6.07, 6.45) is -1.26. The second-order valence-corrected chi connectivity index (χ2v) is 7.97. The molecule has 1 aromatic carbocycles. The van der Waals surface area contributed by atoms with Crippen LogP contribution in [0.15, 0.2) is 30.3 Å². The molecule has 0 fully saturated rings. The van der Waals surface area contributed by atoms with E-state index in [0.29, 0.717) is 17.4 Å². The molecule has 0 spiro atoms. The summed E-state index contributed by atoms with van der Waals surface area (Å²) in [7, 11) is 5.66. The molecule has 1 rings (SSSR count). The van der Waals surface area contributed by atoms with Crippen LogP contribution in [0, 0.1) is 0 Å². The van der Waals surface area contributed by atoms with Crippen LogP contribution in [-0.4, -0.2) is 107 Å². The smallest absolute Gasteiger partial charge is 0.320 e. The lowest BCUT2D eigenvalue weighted by atomic mass is 10.1. The van der Waals surface area contributed by atoms with Gasteiger partial charge in [0, 0.05) is 12.4 Å². The van der Waals surface area contributed by atoms with Gasteiger partial charge in [0.1, 0.15) is 18.7 Å². The van der Waals surface area contributed by atoms with Crippen LogP contribution in [0.5, 0.6) is 0 Å². The molecule has 3 atom stereocenters. The van der Waals surface area contributed by atoms with Gasteiger partial charge in [-0.1, -0.05) is 30.3 Å². The van der Waals surface area contributed by atoms with E-state index in [1.165, 1.54) is 6.92 Å². The summed E-state index contributed by atoms with van der Waals surface area (Å²) in [6, 6.07) is 8.54. The molecule has 1 aromatic rings. The maximum atomic E-state index is 10.4. The van der Waals surface area contributed by atoms with Gasteiger partial charge < -0.3 is 51.4 Å². The molecule has 12 nitrogen and oxygen atoms in total. The zero-order valence-electron chi connectivity index (χ0n) is 19.6. The Bertz CT molecular complexity index is 650. The van der Waals surface area contributed by atoms with E-state index in [-0.39, 0.29) is 19.6 Å². The van der Waals surface area contributed by atoms with Crippen LogP contribution in [0.25, 0.3) is 0 Å². The summed E-state index contributed by atoms with van der Waals surface area (Å²) in [5.41, 5.74) is 10.9. The Balaban J connectivity index is -0.000000394. The van der Waals surface area contributed by atoms with Crippen LogP contribution in [0.4, 0.5) is 0 Å². The maximum Gasteiger partial charge on any atom is 0.320 e. The Labute approximate surface area is 194 Å². The molecular formula is C21H39N3O9. The minimum Gasteiger partial charge on any atom is -0.550 e. The number of hydrogen-bond donors (Lipinski definition) is 7. The fourth-order valence-electron chi connectivity index (χ4n) is 1.84. The average molecular weight is 478 g/mol. The van der Waals surface area contributed by atoms with E-state index in [1.807, 2.05) is 51.5 Å². The summed E-state index contributed by atoms with van der Waals surface area (Å²) >= 11 is 0. The summed E-state index contributed by atoms with van der Waals surface area (Å²) in [5, 5.41) is 51.3. The predicted molar refractivity (Wildman–Crippen MR) is 120 cm³/mol. The number of carbonyl (C=O) groups excluding carboxylic acids is 1. The van der Waals surface area contributed by atoms with Crippen molar-refractivity contribution in [3.63, 3.8) is 0 Å². The first-order chi connectivity index (χ1) is 15.0. The molecule has 33 heavy (non-hydrogen) atoms. The third-order valence-electron chi connectivity index (χ3n) is 3.22. The first-order valence-corrected chi connectivity index (χ1v) is 9.97. The van der Waals surface area contributed by atoms with Crippen molar-refractivity contribution >= 4 is 17.9 Å². The maximum absolute atomic E-state index is 10.4. The van der Waals surface area contributed by atoms with Crippen molar-refractivity contribution in [2.24, 2.45) is 11.5 Å². The van der Waals surface area contributed by atoms with Gasteiger partial charge in [0.2, 0.25) is 0 Å². The highest BCUT2D eigenvalue weighted by atomic mass is 16.4. The van der Waals surface area contributed by atoms with Crippen LogP contribution in [0.3, 0.4) is 0 Å². The summed E-state index contributed by atoms with van der Waals surface area (Å²) in [4.78, 5) is 29.6. The second kappa shape index (κ2) is 20.0. The number of carboxylic acid groups (broad SMARTS) is 3. The number of carboxylic acids is 3. The average Bonchev–Trinajstić information content (AvgIpc) is 2.68. The van der Waals surface area contributed by atoms with Gasteiger partial charge in [-0.2, -0.15) is 0 Å². The molecule has 0 saturated heterocycles. The Morgan fingerprint density at radius 1 is 1.06 bits per heavy atom. The number of nitrogens with zero attached hydrogens (tertiary/aromatic N) is 1. The lowest BCUT2D eigenvalue weighted by Gasteiger charge is -2.26. The molecule has 0 aliphatic heterocycles. The zero-order valence-corrected chi connectivity index (χ0v) is 19.6. The molecule has 0 bridgehead atoms. The normalized spacial score (nSPS) is 12.8. The van der Waals surface area contributed by atoms with E-state index in [2.05, 4.69) is 5.73 Å². The highest BCUT2D eigenvalue weighted by Crippen LogP contribution is 2.01. The molecule has 0 saturated carbocycles. The number of quaternary nitrogens is 1. The topological polar surface area (TPSA) is 227 Å². The van der Waals surface area contributed by atoms with Gasteiger partial charge in [0.05, 0.1) is 40.4 Å². The number of aliphatic hydroxyl groups is 3. The Kier molecular flexibility index (Phi) is 21.2. The van der Waals surface area contributed by atoms with E-state index in [4.69, 9.17) is 31.3 Å². The standard InChI is InChI=1S/C9H11NO2.C7H15NO3.C3H8O2.C2H5NO2/c10-8(9(11)12)6-7-4-2-1-3-5-7;1-8(2,3)5-6(9)4-7(10)11;1-3(5)2-4;3-1-2(4)5/h1-5,8H,6,10H2,(H,11,12);6,9H,4-5H2,1-3H3;3-5H,2H2,1H3;1,3H2,(H,4,5)/t8-;;;/m0.../s1. The number of hydrogen-bond acceptors (Lipinski definition) is 9. The number of nitrogens with two attached hydrogens (primary N) is 2. The lowest BCUT2D eigenvalue weighted by Crippen LogP contribution is -2.43. The number of aliphatic carboxylic acids is 3. The Morgan fingerprint density at radius 3 is 1.76 bits per heavy atom. The highest BCUT2D eigenvalue weighted by Gasteiger charge is 2.15. The van der Waals surface area contributed by atoms with Crippen molar-refractivity contribution in [3.8, 4) is 0 Å². The molecular weight excluding hydrogens is 438 g/mol. The van der Waals surface area contributed by atoms with Crippen molar-refractivity contribution in [2.75, 3.05) is 40.8 Å². The van der Waals surface area contributed by atoms with E-state index in [1.54, 1.807) is 0 Å². The van der Waals surface area contributed by atoms with Gasteiger partial charge >= 0.3 is 11.9 Å². The molecule has 12 heteroatoms. The van der Waals surface area contributed by atoms with Gasteiger partial charge in [-0.15, -0.1) is 0 Å². The molecule has 0 amide bonds. The number of carbonyl (C=O) groups is 3. The molecule has 0 aliphatic carbocycles. The van der Waals surface area contributed by atoms with Crippen LogP contribution < -0.4 is 16.6 Å². The third-order valence-corrected chi connectivity index (χ3v) is 3.22. The molecule has 0 aromatic heterocycles. The summed E-state index contributed by atoms with van der Waals surface area (Å²) in [5.74, 6) is -3.13. The van der Waals surface area contributed by atoms with Crippen molar-refractivity contribution in [3.05, 3.63) is 35.9 Å². The number of benzene rings is 1. The lowest BCUT2D eigenvalue weighted by molar-refractivity contribution is -0.873. The van der Waals surface area contributed by atoms with Gasteiger partial charge in [0.15, 0.2) is 0 Å². The molecule has 0 heterocycles. The van der Waals surface area contributed by atoms with Crippen LogP contribution in [0.1, 0.15) is 18.9 Å². The quantitative estimate of drug-likeness (QED) is 0.180. The van der Waals surface area contributed by atoms with Crippen LogP contribution >= 0.6 is 0 Å². The zero-order chi connectivity index (χ0) is 26.6. The fourth-order valence-corrected chi connectivity index (χ4v) is 1.84. The minimum absolute atomic E-state index is 0.139. The van der Waals surface area contributed by atoms with Crippen LogP contribution in [-0.2, 0) is 20.8 Å². The van der Waals surface area contributed by atoms with E-state index < -0.39 is 36.2 Å². The largest absolute Gasteiger partial charge is 0.550 e. The predicted octanol–water partition coefficient (Wildman–Crippen LogP) is -2.78. The highest BCUT2D eigenvalue weighted by molar-refractivity contribution is 5.73. The van der Waals surface area contributed by atoms with Crippen molar-refractivity contribution < 1.29 is 49.5 Å². The van der Waals surface area contributed by atoms with E-state index >= 15 is 0 Å². The monoisotopic (exact) mass is 477 g/mol. The molecule has 192 valence electrons. The number of rotatable bonds is 9. The fraction of sp³-hybridized carbons (Fsp3) is 0.571. The van der Waals surface area contributed by atoms with Gasteiger partial charge in [-0.3, -0.25) is 9.59 Å². The summed E-state index contributed by atoms with van der Waals surface area (Å²) in [6.45, 7) is 1.54. The molecule has 0 radical (unpaired) electrons. The van der Waals surface area contributed by atoms with E-state index in [9.17, 15) is 19.5 Å². The number of likely N-dealkylation sites (N-methyl/N-ethyl adjacent to an activating group) is 1. The first kappa shape index (κ1) is 35.0. The molecule has 2 unspecified atom stereocenters. The van der Waals surface area contributed by atoms with Gasteiger partial charge in [-0.25, -0.2) is 0 Å². The van der Waals surface area contributed by atoms with Crippen molar-refractivity contribution in [1.82, 2.24) is 0 Å². The number of aliphatic hydroxyl groups excluding tert-OH is 3. The van der Waals surface area contributed by atoms with Gasteiger partial charge in [-0.05, 0) is 18.9 Å². The summed E-state index contributed by atoms with van der Waals surface area (Å²) < 4.78 is 0.550. The Morgan fingerprint density at radius 2 is 1.48 bits per heavy atom. The second-order valence-electron chi connectivity index (χ2n) is 7.97. The van der Waals surface area contributed by atoms with Crippen molar-refractivity contribution in [2.45, 2.75) is 38.0 Å². The van der Waals surface area contributed by atoms with Gasteiger partial charge in [0.25, 0.3) is 0 Å². The SMILES string of the molecule is CC(O)CO.C[N+](C)(C)CC(O)CC(=O)[O-].NCC(=O)O.N[C@@H](Cc1ccccc1)C(=O)O. The third kappa shape index (κ3) is 31.7. The Hall–Kier alpha value is -2.61. The van der Waals surface area contributed by atoms with Crippen molar-refractivity contribution in [1.29, 1.82) is 0 Å². The molecule has 9 N–H and O–H groups in total. The minimum atomic E-state index is -1.20.